The molecule has 126 valence electrons. The second-order valence-corrected chi connectivity index (χ2v) is 7.30. The minimum absolute atomic E-state index is 0.115. The van der Waals surface area contributed by atoms with E-state index in [1.54, 1.807) is 32.9 Å². The van der Waals surface area contributed by atoms with Crippen LogP contribution in [0.4, 0.5) is 5.69 Å². The van der Waals surface area contributed by atoms with Crippen molar-refractivity contribution in [2.24, 2.45) is 0 Å². The maximum absolute atomic E-state index is 12.9. The number of aromatic nitrogens is 3. The zero-order valence-corrected chi connectivity index (χ0v) is 14.7. The highest BCUT2D eigenvalue weighted by Gasteiger charge is 2.28. The van der Waals surface area contributed by atoms with Gasteiger partial charge in [-0.05, 0) is 32.9 Å². The number of nitrogens with zero attached hydrogens (tertiary/aromatic N) is 2. The van der Waals surface area contributed by atoms with Crippen LogP contribution in [0.3, 0.4) is 0 Å². The standard InChI is InChI=1S/C16H18N4O3S/c1-9-5-7-13(8-6-9)20-24(21,22)15-11(3)17-10(2)14(15)16-19-18-12(4)23-16/h5-8,17,20H,1-4H3. The molecule has 0 spiro atoms. The molecular weight excluding hydrogens is 328 g/mol. The van der Waals surface area contributed by atoms with Gasteiger partial charge in [0.05, 0.1) is 5.56 Å². The van der Waals surface area contributed by atoms with Gasteiger partial charge in [-0.3, -0.25) is 4.72 Å². The summed E-state index contributed by atoms with van der Waals surface area (Å²) in [6.45, 7) is 7.06. The van der Waals surface area contributed by atoms with E-state index < -0.39 is 10.0 Å². The van der Waals surface area contributed by atoms with Crippen molar-refractivity contribution >= 4 is 15.7 Å². The Morgan fingerprint density at radius 2 is 1.67 bits per heavy atom. The minimum Gasteiger partial charge on any atom is -0.421 e. The van der Waals surface area contributed by atoms with Crippen molar-refractivity contribution < 1.29 is 12.8 Å². The van der Waals surface area contributed by atoms with Crippen molar-refractivity contribution in [2.45, 2.75) is 32.6 Å². The first-order valence-corrected chi connectivity index (χ1v) is 8.85. The number of hydrogen-bond acceptors (Lipinski definition) is 5. The molecule has 2 N–H and O–H groups in total. The third-order valence-electron chi connectivity index (χ3n) is 3.63. The van der Waals surface area contributed by atoms with Gasteiger partial charge in [-0.2, -0.15) is 0 Å². The molecule has 8 heteroatoms. The van der Waals surface area contributed by atoms with Crippen molar-refractivity contribution in [3.05, 3.63) is 47.1 Å². The van der Waals surface area contributed by atoms with Crippen LogP contribution in [0.1, 0.15) is 22.8 Å². The molecule has 0 fully saturated rings. The van der Waals surface area contributed by atoms with Crippen molar-refractivity contribution in [1.82, 2.24) is 15.2 Å². The SMILES string of the molecule is Cc1ccc(NS(=O)(=O)c2c(C)[nH]c(C)c2-c2nnc(C)o2)cc1. The van der Waals surface area contributed by atoms with Crippen LogP contribution in [-0.2, 0) is 10.0 Å². The van der Waals surface area contributed by atoms with Gasteiger partial charge in [-0.15, -0.1) is 10.2 Å². The second-order valence-electron chi connectivity index (χ2n) is 5.68. The van der Waals surface area contributed by atoms with Crippen LogP contribution < -0.4 is 4.72 Å². The monoisotopic (exact) mass is 346 g/mol. The summed E-state index contributed by atoms with van der Waals surface area (Å²) < 4.78 is 33.8. The first-order valence-electron chi connectivity index (χ1n) is 7.37. The third-order valence-corrected chi connectivity index (χ3v) is 5.18. The normalized spacial score (nSPS) is 11.7. The van der Waals surface area contributed by atoms with Crippen LogP contribution in [0.5, 0.6) is 0 Å². The van der Waals surface area contributed by atoms with Crippen LogP contribution in [0.15, 0.2) is 33.6 Å². The van der Waals surface area contributed by atoms with E-state index >= 15 is 0 Å². The Hall–Kier alpha value is -2.61. The Morgan fingerprint density at radius 3 is 2.25 bits per heavy atom. The van der Waals surface area contributed by atoms with E-state index in [9.17, 15) is 8.42 Å². The van der Waals surface area contributed by atoms with E-state index in [-0.39, 0.29) is 10.8 Å². The highest BCUT2D eigenvalue weighted by Crippen LogP contribution is 2.33. The fraction of sp³-hybridized carbons (Fsp3) is 0.250. The number of anilines is 1. The molecule has 2 heterocycles. The maximum atomic E-state index is 12.9. The second kappa shape index (κ2) is 5.79. The zero-order valence-electron chi connectivity index (χ0n) is 13.8. The predicted octanol–water partition coefficient (Wildman–Crippen LogP) is 3.10. The smallest absolute Gasteiger partial charge is 0.264 e. The largest absolute Gasteiger partial charge is 0.421 e. The van der Waals surface area contributed by atoms with Gasteiger partial charge in [-0.25, -0.2) is 8.42 Å². The Kier molecular flexibility index (Phi) is 3.92. The quantitative estimate of drug-likeness (QED) is 0.756. The molecule has 0 aliphatic heterocycles. The fourth-order valence-corrected chi connectivity index (χ4v) is 4.09. The number of aromatic amines is 1. The Morgan fingerprint density at radius 1 is 1.00 bits per heavy atom. The average Bonchev–Trinajstić information content (AvgIpc) is 3.04. The summed E-state index contributed by atoms with van der Waals surface area (Å²) in [5, 5.41) is 7.74. The van der Waals surface area contributed by atoms with Gasteiger partial charge >= 0.3 is 0 Å². The molecule has 3 aromatic rings. The lowest BCUT2D eigenvalue weighted by Crippen LogP contribution is -2.14. The molecular formula is C16H18N4O3S. The van der Waals surface area contributed by atoms with E-state index in [1.165, 1.54) is 0 Å². The number of rotatable bonds is 4. The molecule has 24 heavy (non-hydrogen) atoms. The van der Waals surface area contributed by atoms with E-state index in [0.29, 0.717) is 28.5 Å². The molecule has 0 aliphatic rings. The number of aryl methyl sites for hydroxylation is 4. The van der Waals surface area contributed by atoms with Gasteiger partial charge in [-0.1, -0.05) is 17.7 Å². The number of H-pyrrole nitrogens is 1. The molecule has 0 aliphatic carbocycles. The third kappa shape index (κ3) is 2.92. The Balaban J connectivity index is 2.09. The molecule has 0 amide bonds. The molecule has 0 unspecified atom stereocenters. The molecule has 0 atom stereocenters. The van der Waals surface area contributed by atoms with Crippen molar-refractivity contribution in [3.8, 4) is 11.5 Å². The summed E-state index contributed by atoms with van der Waals surface area (Å²) in [6.07, 6.45) is 0. The van der Waals surface area contributed by atoms with E-state index in [0.717, 1.165) is 5.56 Å². The van der Waals surface area contributed by atoms with Crippen LogP contribution >= 0.6 is 0 Å². The predicted molar refractivity (Wildman–Crippen MR) is 90.3 cm³/mol. The van der Waals surface area contributed by atoms with E-state index in [2.05, 4.69) is 19.9 Å². The van der Waals surface area contributed by atoms with Gasteiger partial charge < -0.3 is 9.40 Å². The molecule has 0 saturated heterocycles. The molecule has 7 nitrogen and oxygen atoms in total. The lowest BCUT2D eigenvalue weighted by Gasteiger charge is -2.09. The van der Waals surface area contributed by atoms with Crippen molar-refractivity contribution in [2.75, 3.05) is 4.72 Å². The van der Waals surface area contributed by atoms with Crippen molar-refractivity contribution in [3.63, 3.8) is 0 Å². The number of benzene rings is 1. The molecule has 1 aromatic carbocycles. The average molecular weight is 346 g/mol. The molecule has 3 rings (SSSR count). The lowest BCUT2D eigenvalue weighted by atomic mass is 10.2. The van der Waals surface area contributed by atoms with Gasteiger partial charge in [0, 0.05) is 24.0 Å². The molecule has 0 radical (unpaired) electrons. The zero-order chi connectivity index (χ0) is 17.5. The van der Waals surface area contributed by atoms with E-state index in [1.807, 2.05) is 19.1 Å². The molecule has 2 aromatic heterocycles. The Bertz CT molecular complexity index is 985. The minimum atomic E-state index is -3.81. The topological polar surface area (TPSA) is 101 Å². The summed E-state index contributed by atoms with van der Waals surface area (Å²) >= 11 is 0. The van der Waals surface area contributed by atoms with Crippen LogP contribution in [0.25, 0.3) is 11.5 Å². The summed E-state index contributed by atoms with van der Waals surface area (Å²) in [5.41, 5.74) is 3.10. The Labute approximate surface area is 140 Å². The molecule has 0 bridgehead atoms. The number of sulfonamides is 1. The molecule has 0 saturated carbocycles. The van der Waals surface area contributed by atoms with E-state index in [4.69, 9.17) is 4.42 Å². The van der Waals surface area contributed by atoms with Gasteiger partial charge in [0.15, 0.2) is 0 Å². The summed E-state index contributed by atoms with van der Waals surface area (Å²) in [5.74, 6) is 0.553. The number of nitrogens with one attached hydrogen (secondary N) is 2. The van der Waals surface area contributed by atoms with Gasteiger partial charge in [0.2, 0.25) is 5.89 Å². The highest BCUT2D eigenvalue weighted by atomic mass is 32.2. The van der Waals surface area contributed by atoms with Crippen LogP contribution in [0, 0.1) is 27.7 Å². The first kappa shape index (κ1) is 16.3. The van der Waals surface area contributed by atoms with Crippen LogP contribution in [-0.4, -0.2) is 23.6 Å². The first-order chi connectivity index (χ1) is 11.3. The van der Waals surface area contributed by atoms with Crippen LogP contribution in [0.2, 0.25) is 0 Å². The maximum Gasteiger partial charge on any atom is 0.264 e. The highest BCUT2D eigenvalue weighted by molar-refractivity contribution is 7.93. The van der Waals surface area contributed by atoms with Gasteiger partial charge in [0.1, 0.15) is 4.90 Å². The number of hydrogen-bond donors (Lipinski definition) is 2. The summed E-state index contributed by atoms with van der Waals surface area (Å²) in [4.78, 5) is 3.15. The van der Waals surface area contributed by atoms with Crippen molar-refractivity contribution in [1.29, 1.82) is 0 Å². The van der Waals surface area contributed by atoms with Gasteiger partial charge in [0.25, 0.3) is 15.9 Å². The summed E-state index contributed by atoms with van der Waals surface area (Å²) in [6, 6.07) is 7.13. The lowest BCUT2D eigenvalue weighted by molar-refractivity contribution is 0.531. The summed E-state index contributed by atoms with van der Waals surface area (Å²) in [7, 11) is -3.81. The fourth-order valence-electron chi connectivity index (χ4n) is 2.58.